The van der Waals surface area contributed by atoms with Crippen LogP contribution in [0.2, 0.25) is 0 Å². The second kappa shape index (κ2) is 10.3. The first-order valence-corrected chi connectivity index (χ1v) is 11.8. The molecule has 0 fully saturated rings. The van der Waals surface area contributed by atoms with Gasteiger partial charge in [0, 0.05) is 27.3 Å². The van der Waals surface area contributed by atoms with Crippen molar-refractivity contribution in [1.82, 2.24) is 5.32 Å². The first kappa shape index (κ1) is 23.7. The number of ether oxygens (including phenoxy) is 1. The van der Waals surface area contributed by atoms with Crippen molar-refractivity contribution in [2.24, 2.45) is 5.92 Å². The van der Waals surface area contributed by atoms with Crippen LogP contribution in [0.15, 0.2) is 66.7 Å². The van der Waals surface area contributed by atoms with Crippen molar-refractivity contribution in [2.45, 2.75) is 12.8 Å². The molecule has 3 aromatic rings. The van der Waals surface area contributed by atoms with Crippen LogP contribution in [-0.2, 0) is 9.53 Å². The van der Waals surface area contributed by atoms with E-state index in [1.807, 2.05) is 24.3 Å². The van der Waals surface area contributed by atoms with Crippen LogP contribution >= 0.6 is 22.6 Å². The van der Waals surface area contributed by atoms with Gasteiger partial charge in [-0.15, -0.1) is 0 Å². The minimum absolute atomic E-state index is 0.00871. The van der Waals surface area contributed by atoms with Crippen LogP contribution in [0.4, 0.5) is 10.5 Å². The van der Waals surface area contributed by atoms with E-state index in [9.17, 15) is 14.4 Å². The largest absolute Gasteiger partial charge is 0.481 e. The van der Waals surface area contributed by atoms with Gasteiger partial charge in [-0.3, -0.25) is 14.9 Å². The second-order valence-electron chi connectivity index (χ2n) is 8.13. The topological polar surface area (TPSA) is 105 Å². The van der Waals surface area contributed by atoms with Crippen molar-refractivity contribution < 1.29 is 24.2 Å². The van der Waals surface area contributed by atoms with Crippen molar-refractivity contribution in [3.63, 3.8) is 0 Å². The minimum Gasteiger partial charge on any atom is -0.481 e. The number of carboxylic acids is 1. The Morgan fingerprint density at radius 1 is 1.00 bits per heavy atom. The third-order valence-corrected chi connectivity index (χ3v) is 6.36. The van der Waals surface area contributed by atoms with Gasteiger partial charge in [0.05, 0.1) is 5.92 Å². The molecule has 1 atom stereocenters. The van der Waals surface area contributed by atoms with E-state index in [1.54, 1.807) is 12.1 Å². The van der Waals surface area contributed by atoms with Crippen molar-refractivity contribution in [1.29, 1.82) is 0 Å². The molecule has 0 saturated heterocycles. The molecule has 0 aliphatic heterocycles. The van der Waals surface area contributed by atoms with Gasteiger partial charge in [-0.1, -0.05) is 55.5 Å². The average molecular weight is 570 g/mol. The predicted octanol–water partition coefficient (Wildman–Crippen LogP) is 5.10. The number of carbonyl (C=O) groups is 3. The van der Waals surface area contributed by atoms with Gasteiger partial charge in [-0.2, -0.15) is 0 Å². The number of carboxylic acid groups (broad SMARTS) is 1. The molecule has 3 aromatic carbocycles. The predicted molar refractivity (Wildman–Crippen MR) is 137 cm³/mol. The maximum absolute atomic E-state index is 12.6. The fraction of sp³-hybridized carbons (Fsp3) is 0.192. The van der Waals surface area contributed by atoms with Crippen molar-refractivity contribution in [3.8, 4) is 11.1 Å². The highest BCUT2D eigenvalue weighted by Crippen LogP contribution is 2.44. The molecular formula is C26H23IN2O5. The van der Waals surface area contributed by atoms with E-state index in [0.29, 0.717) is 11.3 Å². The minimum atomic E-state index is -0.986. The molecule has 174 valence electrons. The highest BCUT2D eigenvalue weighted by Gasteiger charge is 2.29. The van der Waals surface area contributed by atoms with Crippen LogP contribution in [0, 0.1) is 9.49 Å². The van der Waals surface area contributed by atoms with E-state index in [1.165, 1.54) is 13.0 Å². The van der Waals surface area contributed by atoms with E-state index in [2.05, 4.69) is 57.5 Å². The third-order valence-electron chi connectivity index (χ3n) is 5.74. The summed E-state index contributed by atoms with van der Waals surface area (Å²) in [6, 6.07) is 21.1. The summed E-state index contributed by atoms with van der Waals surface area (Å²) in [7, 11) is 0. The lowest BCUT2D eigenvalue weighted by Gasteiger charge is -2.15. The summed E-state index contributed by atoms with van der Waals surface area (Å²) < 4.78 is 6.31. The van der Waals surface area contributed by atoms with Gasteiger partial charge in [-0.05, 0) is 63.0 Å². The van der Waals surface area contributed by atoms with E-state index < -0.39 is 23.9 Å². The number of anilines is 1. The summed E-state index contributed by atoms with van der Waals surface area (Å²) in [4.78, 5) is 36.0. The Bertz CT molecular complexity index is 1210. The molecule has 0 radical (unpaired) electrons. The van der Waals surface area contributed by atoms with Gasteiger partial charge in [0.1, 0.15) is 6.61 Å². The van der Waals surface area contributed by atoms with Crippen LogP contribution < -0.4 is 10.6 Å². The van der Waals surface area contributed by atoms with Gasteiger partial charge >= 0.3 is 12.1 Å². The molecule has 1 aliphatic rings. The number of hydrogen-bond donors (Lipinski definition) is 3. The fourth-order valence-corrected chi connectivity index (χ4v) is 4.65. The summed E-state index contributed by atoms with van der Waals surface area (Å²) in [5.74, 6) is -2.15. The van der Waals surface area contributed by atoms with Crippen LogP contribution in [0.5, 0.6) is 0 Å². The summed E-state index contributed by atoms with van der Waals surface area (Å²) in [6.45, 7) is 1.71. The molecule has 0 spiro atoms. The lowest BCUT2D eigenvalue weighted by molar-refractivity contribution is -0.140. The number of fused-ring (bicyclic) bond motifs is 3. The van der Waals surface area contributed by atoms with Gasteiger partial charge in [-0.25, -0.2) is 4.79 Å². The maximum atomic E-state index is 12.6. The van der Waals surface area contributed by atoms with Gasteiger partial charge in [0.25, 0.3) is 5.91 Å². The SMILES string of the molecule is CC(CNC(=O)c1cc(I)cc(NC(=O)OCC2c3ccccc3-c3ccccc32)c1)C(=O)O. The number of halogens is 1. The van der Waals surface area contributed by atoms with Crippen LogP contribution in [0.3, 0.4) is 0 Å². The summed E-state index contributed by atoms with van der Waals surface area (Å²) in [5.41, 5.74) is 5.29. The Morgan fingerprint density at radius 2 is 1.62 bits per heavy atom. The van der Waals surface area contributed by atoms with Crippen molar-refractivity contribution in [2.75, 3.05) is 18.5 Å². The fourth-order valence-electron chi connectivity index (χ4n) is 3.98. The molecular weight excluding hydrogens is 547 g/mol. The Hall–Kier alpha value is -3.40. The molecule has 0 bridgehead atoms. The number of nitrogens with one attached hydrogen (secondary N) is 2. The van der Waals surface area contributed by atoms with E-state index in [0.717, 1.165) is 25.8 Å². The van der Waals surface area contributed by atoms with E-state index in [-0.39, 0.29) is 19.1 Å². The number of aliphatic carboxylic acids is 1. The van der Waals surface area contributed by atoms with Crippen LogP contribution in [-0.4, -0.2) is 36.2 Å². The third kappa shape index (κ3) is 5.22. The molecule has 0 saturated carbocycles. The summed E-state index contributed by atoms with van der Waals surface area (Å²) in [5, 5.41) is 14.3. The number of amides is 2. The molecule has 0 aromatic heterocycles. The zero-order chi connectivity index (χ0) is 24.2. The molecule has 4 rings (SSSR count). The molecule has 34 heavy (non-hydrogen) atoms. The Balaban J connectivity index is 1.41. The summed E-state index contributed by atoms with van der Waals surface area (Å²) in [6.07, 6.45) is -0.616. The highest BCUT2D eigenvalue weighted by atomic mass is 127. The molecule has 1 unspecified atom stereocenters. The van der Waals surface area contributed by atoms with Crippen LogP contribution in [0.1, 0.15) is 34.3 Å². The zero-order valence-corrected chi connectivity index (χ0v) is 20.5. The second-order valence-corrected chi connectivity index (χ2v) is 9.37. The van der Waals surface area contributed by atoms with E-state index in [4.69, 9.17) is 9.84 Å². The molecule has 1 aliphatic carbocycles. The molecule has 8 heteroatoms. The quantitative estimate of drug-likeness (QED) is 0.343. The average Bonchev–Trinajstić information content (AvgIpc) is 3.14. The normalized spacial score (nSPS) is 12.9. The number of benzene rings is 3. The van der Waals surface area contributed by atoms with Gasteiger partial charge in [0.15, 0.2) is 0 Å². The smallest absolute Gasteiger partial charge is 0.411 e. The van der Waals surface area contributed by atoms with E-state index >= 15 is 0 Å². The van der Waals surface area contributed by atoms with Crippen molar-refractivity contribution >= 4 is 46.2 Å². The lowest BCUT2D eigenvalue weighted by Crippen LogP contribution is -2.31. The highest BCUT2D eigenvalue weighted by molar-refractivity contribution is 14.1. The lowest BCUT2D eigenvalue weighted by atomic mass is 9.98. The Labute approximate surface area is 210 Å². The standard InChI is InChI=1S/C26H23IN2O5/c1-15(25(31)32)13-28-24(30)16-10-17(27)12-18(11-16)29-26(33)34-14-23-21-8-4-2-6-19(21)20-7-3-5-9-22(20)23/h2-12,15,23H,13-14H2,1H3,(H,28,30)(H,29,33)(H,31,32). The van der Waals surface area contributed by atoms with Gasteiger partial charge < -0.3 is 15.2 Å². The monoisotopic (exact) mass is 570 g/mol. The summed E-state index contributed by atoms with van der Waals surface area (Å²) >= 11 is 2.05. The molecule has 0 heterocycles. The first-order valence-electron chi connectivity index (χ1n) is 10.8. The number of carbonyl (C=O) groups excluding carboxylic acids is 2. The molecule has 7 nitrogen and oxygen atoms in total. The van der Waals surface area contributed by atoms with Crippen molar-refractivity contribution in [3.05, 3.63) is 87.0 Å². The zero-order valence-electron chi connectivity index (χ0n) is 18.4. The number of hydrogen-bond acceptors (Lipinski definition) is 4. The number of rotatable bonds is 7. The maximum Gasteiger partial charge on any atom is 0.411 e. The molecule has 3 N–H and O–H groups in total. The molecule has 2 amide bonds. The van der Waals surface area contributed by atoms with Gasteiger partial charge in [0.2, 0.25) is 0 Å². The first-order chi connectivity index (χ1) is 16.3. The Kier molecular flexibility index (Phi) is 7.16. The van der Waals surface area contributed by atoms with Crippen LogP contribution in [0.25, 0.3) is 11.1 Å². The Morgan fingerprint density at radius 3 is 2.24 bits per heavy atom.